The first-order valence-corrected chi connectivity index (χ1v) is 8.82. The first kappa shape index (κ1) is 15.6. The van der Waals surface area contributed by atoms with Gasteiger partial charge in [0.25, 0.3) is 0 Å². The molecule has 19 heavy (non-hydrogen) atoms. The summed E-state index contributed by atoms with van der Waals surface area (Å²) in [6.07, 6.45) is 5.62. The van der Waals surface area contributed by atoms with Gasteiger partial charge >= 0.3 is 0 Å². The number of thioether (sulfide) groups is 1. The second-order valence-corrected chi connectivity index (χ2v) is 7.40. The summed E-state index contributed by atoms with van der Waals surface area (Å²) in [4.78, 5) is 0. The van der Waals surface area contributed by atoms with Gasteiger partial charge in [0.05, 0.1) is 11.7 Å². The highest BCUT2D eigenvalue weighted by molar-refractivity contribution is 7.99. The van der Waals surface area contributed by atoms with Crippen LogP contribution in [-0.4, -0.2) is 48.0 Å². The van der Waals surface area contributed by atoms with Crippen LogP contribution in [0.3, 0.4) is 0 Å². The molecule has 0 bridgehead atoms. The Kier molecular flexibility index (Phi) is 5.21. The molecule has 1 saturated heterocycles. The van der Waals surface area contributed by atoms with Crippen LogP contribution in [0.25, 0.3) is 0 Å². The number of hydrogen-bond acceptors (Lipinski definition) is 4. The van der Waals surface area contributed by atoms with Crippen molar-refractivity contribution in [3.8, 4) is 0 Å². The van der Waals surface area contributed by atoms with Gasteiger partial charge in [-0.1, -0.05) is 13.8 Å². The van der Waals surface area contributed by atoms with Crippen LogP contribution in [0.4, 0.5) is 0 Å². The van der Waals surface area contributed by atoms with Gasteiger partial charge in [0.1, 0.15) is 0 Å². The van der Waals surface area contributed by atoms with Crippen LogP contribution in [-0.2, 0) is 4.74 Å². The molecule has 1 heterocycles. The van der Waals surface area contributed by atoms with E-state index >= 15 is 0 Å². The second kappa shape index (κ2) is 6.33. The standard InChI is InChI=1S/C15H29NO2S/c1-4-15(5-2)12(10-13(15)18-3)16-11-14(17)6-8-19-9-7-14/h12-13,16-17H,4-11H2,1-3H3. The third-order valence-corrected chi connectivity index (χ3v) is 6.47. The van der Waals surface area contributed by atoms with Crippen molar-refractivity contribution < 1.29 is 9.84 Å². The summed E-state index contributed by atoms with van der Waals surface area (Å²) in [5, 5.41) is 14.2. The zero-order valence-electron chi connectivity index (χ0n) is 12.6. The summed E-state index contributed by atoms with van der Waals surface area (Å²) in [5.74, 6) is 2.19. The average molecular weight is 287 g/mol. The molecule has 2 unspecified atom stereocenters. The molecule has 112 valence electrons. The SMILES string of the molecule is CCC1(CC)C(NCC2(O)CCSCC2)CC1OC. The predicted molar refractivity (Wildman–Crippen MR) is 81.7 cm³/mol. The van der Waals surface area contributed by atoms with Crippen LogP contribution in [0.5, 0.6) is 0 Å². The minimum atomic E-state index is -0.476. The fraction of sp³-hybridized carbons (Fsp3) is 1.00. The molecule has 0 amide bonds. The van der Waals surface area contributed by atoms with Crippen LogP contribution < -0.4 is 5.32 Å². The van der Waals surface area contributed by atoms with E-state index in [1.807, 2.05) is 18.9 Å². The molecule has 1 saturated carbocycles. The van der Waals surface area contributed by atoms with Gasteiger partial charge in [0, 0.05) is 25.1 Å². The van der Waals surface area contributed by atoms with Gasteiger partial charge in [-0.2, -0.15) is 11.8 Å². The van der Waals surface area contributed by atoms with Gasteiger partial charge in [-0.3, -0.25) is 0 Å². The molecule has 3 nitrogen and oxygen atoms in total. The van der Waals surface area contributed by atoms with Crippen LogP contribution in [0.15, 0.2) is 0 Å². The lowest BCUT2D eigenvalue weighted by atomic mass is 9.58. The van der Waals surface area contributed by atoms with Crippen molar-refractivity contribution in [3.05, 3.63) is 0 Å². The molecule has 2 fully saturated rings. The van der Waals surface area contributed by atoms with Gasteiger partial charge in [0.15, 0.2) is 0 Å². The molecule has 2 aliphatic rings. The number of ether oxygens (including phenoxy) is 1. The zero-order chi connectivity index (χ0) is 13.9. The number of methoxy groups -OCH3 is 1. The van der Waals surface area contributed by atoms with Gasteiger partial charge < -0.3 is 15.2 Å². The highest BCUT2D eigenvalue weighted by Crippen LogP contribution is 2.48. The van der Waals surface area contributed by atoms with E-state index in [0.717, 1.165) is 50.2 Å². The first-order chi connectivity index (χ1) is 9.10. The molecule has 0 spiro atoms. The van der Waals surface area contributed by atoms with E-state index in [9.17, 15) is 5.11 Å². The maximum Gasteiger partial charge on any atom is 0.0787 e. The molecule has 2 atom stereocenters. The molecule has 1 aliphatic heterocycles. The Morgan fingerprint density at radius 1 is 1.26 bits per heavy atom. The van der Waals surface area contributed by atoms with Gasteiger partial charge in [0.2, 0.25) is 0 Å². The molecule has 2 N–H and O–H groups in total. The number of aliphatic hydroxyl groups is 1. The lowest BCUT2D eigenvalue weighted by Gasteiger charge is -2.56. The molecular weight excluding hydrogens is 258 g/mol. The van der Waals surface area contributed by atoms with Crippen molar-refractivity contribution in [3.63, 3.8) is 0 Å². The summed E-state index contributed by atoms with van der Waals surface area (Å²) in [5.41, 5.74) is -0.203. The number of nitrogens with one attached hydrogen (secondary N) is 1. The first-order valence-electron chi connectivity index (χ1n) is 7.66. The fourth-order valence-electron chi connectivity index (χ4n) is 3.80. The number of hydrogen-bond donors (Lipinski definition) is 2. The van der Waals surface area contributed by atoms with Crippen molar-refractivity contribution in [1.82, 2.24) is 5.32 Å². The highest BCUT2D eigenvalue weighted by Gasteiger charge is 2.53. The van der Waals surface area contributed by atoms with Gasteiger partial charge in [-0.05, 0) is 43.6 Å². The van der Waals surface area contributed by atoms with Crippen LogP contribution in [0.2, 0.25) is 0 Å². The van der Waals surface area contributed by atoms with Crippen molar-refractivity contribution in [2.24, 2.45) is 5.41 Å². The summed E-state index contributed by atoms with van der Waals surface area (Å²) in [6, 6.07) is 0.506. The molecular formula is C15H29NO2S. The molecule has 2 rings (SSSR count). The minimum absolute atomic E-state index is 0.272. The van der Waals surface area contributed by atoms with E-state index < -0.39 is 5.60 Å². The Bertz CT molecular complexity index is 288. The Balaban J connectivity index is 1.89. The zero-order valence-corrected chi connectivity index (χ0v) is 13.4. The third-order valence-electron chi connectivity index (χ3n) is 5.49. The topological polar surface area (TPSA) is 41.5 Å². The van der Waals surface area contributed by atoms with E-state index in [0.29, 0.717) is 12.1 Å². The lowest BCUT2D eigenvalue weighted by Crippen LogP contribution is -2.65. The molecule has 0 aromatic heterocycles. The van der Waals surface area contributed by atoms with Crippen LogP contribution in [0, 0.1) is 5.41 Å². The largest absolute Gasteiger partial charge is 0.389 e. The Hall–Kier alpha value is 0.230. The molecule has 1 aliphatic carbocycles. The van der Waals surface area contributed by atoms with Crippen molar-refractivity contribution in [2.45, 2.75) is 63.7 Å². The molecule has 0 aromatic carbocycles. The normalized spacial score (nSPS) is 32.8. The molecule has 4 heteroatoms. The highest BCUT2D eigenvalue weighted by atomic mass is 32.2. The summed E-state index contributed by atoms with van der Waals surface area (Å²) in [6.45, 7) is 5.26. The van der Waals surface area contributed by atoms with Gasteiger partial charge in [-0.15, -0.1) is 0 Å². The summed E-state index contributed by atoms with van der Waals surface area (Å²) in [7, 11) is 1.83. The van der Waals surface area contributed by atoms with Crippen LogP contribution in [0.1, 0.15) is 46.0 Å². The molecule has 0 aromatic rings. The smallest absolute Gasteiger partial charge is 0.0787 e. The van der Waals surface area contributed by atoms with E-state index in [1.54, 1.807) is 0 Å². The average Bonchev–Trinajstić information content (AvgIpc) is 2.40. The van der Waals surface area contributed by atoms with Crippen molar-refractivity contribution in [1.29, 1.82) is 0 Å². The fourth-order valence-corrected chi connectivity index (χ4v) is 5.06. The maximum absolute atomic E-state index is 10.6. The predicted octanol–water partition coefficient (Wildman–Crippen LogP) is 2.43. The summed E-state index contributed by atoms with van der Waals surface area (Å²) >= 11 is 1.96. The van der Waals surface area contributed by atoms with Crippen molar-refractivity contribution >= 4 is 11.8 Å². The van der Waals surface area contributed by atoms with E-state index in [2.05, 4.69) is 19.2 Å². The van der Waals surface area contributed by atoms with E-state index in [-0.39, 0.29) is 5.41 Å². The Labute approximate surface area is 121 Å². The molecule has 0 radical (unpaired) electrons. The lowest BCUT2D eigenvalue weighted by molar-refractivity contribution is -0.128. The minimum Gasteiger partial charge on any atom is -0.389 e. The monoisotopic (exact) mass is 287 g/mol. The maximum atomic E-state index is 10.6. The Morgan fingerprint density at radius 2 is 1.89 bits per heavy atom. The van der Waals surface area contributed by atoms with E-state index in [4.69, 9.17) is 4.74 Å². The Morgan fingerprint density at radius 3 is 2.42 bits per heavy atom. The third kappa shape index (κ3) is 2.97. The van der Waals surface area contributed by atoms with E-state index in [1.165, 1.54) is 0 Å². The second-order valence-electron chi connectivity index (χ2n) is 6.17. The summed E-state index contributed by atoms with van der Waals surface area (Å²) < 4.78 is 5.63. The number of rotatable bonds is 6. The van der Waals surface area contributed by atoms with Crippen molar-refractivity contribution in [2.75, 3.05) is 25.2 Å². The van der Waals surface area contributed by atoms with Gasteiger partial charge in [-0.25, -0.2) is 0 Å². The quantitative estimate of drug-likeness (QED) is 0.787. The van der Waals surface area contributed by atoms with Crippen LogP contribution >= 0.6 is 11.8 Å².